The Hall–Kier alpha value is -0.610. The predicted octanol–water partition coefficient (Wildman–Crippen LogP) is 1.47. The van der Waals surface area contributed by atoms with Crippen molar-refractivity contribution >= 4 is 5.97 Å². The molecule has 1 aliphatic rings. The van der Waals surface area contributed by atoms with Gasteiger partial charge in [-0.25, -0.2) is 4.79 Å². The Bertz CT molecular complexity index is 218. The van der Waals surface area contributed by atoms with Gasteiger partial charge in [0.1, 0.15) is 6.61 Å². The Morgan fingerprint density at radius 1 is 1.38 bits per heavy atom. The molecule has 0 amide bonds. The fourth-order valence-electron chi connectivity index (χ4n) is 2.13. The summed E-state index contributed by atoms with van der Waals surface area (Å²) in [5, 5.41) is 0. The predicted molar refractivity (Wildman–Crippen MR) is 62.0 cm³/mol. The first kappa shape index (κ1) is 13.5. The first-order chi connectivity index (χ1) is 7.63. The zero-order valence-corrected chi connectivity index (χ0v) is 10.3. The van der Waals surface area contributed by atoms with Crippen LogP contribution in [0.5, 0.6) is 0 Å². The van der Waals surface area contributed by atoms with Gasteiger partial charge in [-0.05, 0) is 39.2 Å². The minimum atomic E-state index is -0.281. The van der Waals surface area contributed by atoms with Crippen LogP contribution in [0.4, 0.5) is 0 Å². The maximum Gasteiger partial charge on any atom is 0.332 e. The lowest BCUT2D eigenvalue weighted by Crippen LogP contribution is -2.34. The van der Waals surface area contributed by atoms with Crippen LogP contribution in [0.25, 0.3) is 0 Å². The summed E-state index contributed by atoms with van der Waals surface area (Å²) >= 11 is 0. The molecule has 2 N–H and O–H groups in total. The third-order valence-corrected chi connectivity index (χ3v) is 2.92. The van der Waals surface area contributed by atoms with Crippen molar-refractivity contribution in [1.82, 2.24) is 0 Å². The van der Waals surface area contributed by atoms with E-state index in [9.17, 15) is 4.79 Å². The lowest BCUT2D eigenvalue weighted by Gasteiger charge is -2.30. The standard InChI is InChI=1S/C12H23NO3/c1-9(2)16-12(14)8-15-11-6-4-3-5-10(11)7-13/h9-11H,3-8,13H2,1-2H3. The number of rotatable bonds is 5. The number of esters is 1. The molecule has 0 aromatic carbocycles. The molecule has 2 unspecified atom stereocenters. The monoisotopic (exact) mass is 229 g/mol. The molecule has 1 rings (SSSR count). The summed E-state index contributed by atoms with van der Waals surface area (Å²) in [7, 11) is 0. The minimum absolute atomic E-state index is 0.0549. The van der Waals surface area contributed by atoms with E-state index in [1.54, 1.807) is 0 Å². The molecule has 1 aliphatic carbocycles. The molecule has 0 saturated heterocycles. The molecule has 0 heterocycles. The van der Waals surface area contributed by atoms with E-state index >= 15 is 0 Å². The fraction of sp³-hybridized carbons (Fsp3) is 0.917. The second kappa shape index (κ2) is 6.86. The highest BCUT2D eigenvalue weighted by atomic mass is 16.6. The van der Waals surface area contributed by atoms with Gasteiger partial charge in [-0.1, -0.05) is 12.8 Å². The number of hydrogen-bond donors (Lipinski definition) is 1. The van der Waals surface area contributed by atoms with E-state index in [1.165, 1.54) is 12.8 Å². The van der Waals surface area contributed by atoms with Gasteiger partial charge in [0.05, 0.1) is 12.2 Å². The summed E-state index contributed by atoms with van der Waals surface area (Å²) in [6, 6.07) is 0. The summed E-state index contributed by atoms with van der Waals surface area (Å²) in [6.45, 7) is 4.37. The molecular weight excluding hydrogens is 206 g/mol. The van der Waals surface area contributed by atoms with E-state index in [2.05, 4.69) is 0 Å². The van der Waals surface area contributed by atoms with Crippen molar-refractivity contribution in [2.75, 3.05) is 13.2 Å². The van der Waals surface area contributed by atoms with E-state index in [0.717, 1.165) is 12.8 Å². The molecule has 0 aromatic rings. The zero-order valence-electron chi connectivity index (χ0n) is 10.3. The molecule has 0 bridgehead atoms. The van der Waals surface area contributed by atoms with Crippen molar-refractivity contribution in [3.63, 3.8) is 0 Å². The van der Waals surface area contributed by atoms with Gasteiger partial charge in [0.2, 0.25) is 0 Å². The average Bonchev–Trinajstić information content (AvgIpc) is 2.26. The first-order valence-electron chi connectivity index (χ1n) is 6.14. The average molecular weight is 229 g/mol. The molecule has 94 valence electrons. The number of hydrogen-bond acceptors (Lipinski definition) is 4. The van der Waals surface area contributed by atoms with Gasteiger partial charge >= 0.3 is 5.97 Å². The van der Waals surface area contributed by atoms with E-state index in [4.69, 9.17) is 15.2 Å². The lowest BCUT2D eigenvalue weighted by atomic mass is 9.86. The third-order valence-electron chi connectivity index (χ3n) is 2.92. The smallest absolute Gasteiger partial charge is 0.332 e. The van der Waals surface area contributed by atoms with Crippen LogP contribution in [-0.4, -0.2) is 31.3 Å². The Kier molecular flexibility index (Phi) is 5.77. The molecule has 4 nitrogen and oxygen atoms in total. The molecule has 1 fully saturated rings. The summed E-state index contributed by atoms with van der Waals surface area (Å²) in [5.41, 5.74) is 5.68. The Balaban J connectivity index is 2.27. The van der Waals surface area contributed by atoms with Crippen LogP contribution >= 0.6 is 0 Å². The normalized spacial score (nSPS) is 25.8. The molecule has 4 heteroatoms. The quantitative estimate of drug-likeness (QED) is 0.725. The van der Waals surface area contributed by atoms with Gasteiger partial charge in [-0.2, -0.15) is 0 Å². The molecular formula is C12H23NO3. The van der Waals surface area contributed by atoms with Crippen LogP contribution < -0.4 is 5.73 Å². The summed E-state index contributed by atoms with van der Waals surface area (Å²) in [5.74, 6) is 0.122. The topological polar surface area (TPSA) is 61.5 Å². The van der Waals surface area contributed by atoms with Gasteiger partial charge in [0, 0.05) is 0 Å². The van der Waals surface area contributed by atoms with Crippen LogP contribution in [0.3, 0.4) is 0 Å². The van der Waals surface area contributed by atoms with Crippen LogP contribution in [0, 0.1) is 5.92 Å². The van der Waals surface area contributed by atoms with Gasteiger partial charge in [-0.15, -0.1) is 0 Å². The Morgan fingerprint density at radius 3 is 2.69 bits per heavy atom. The highest BCUT2D eigenvalue weighted by Gasteiger charge is 2.25. The van der Waals surface area contributed by atoms with Crippen molar-refractivity contribution < 1.29 is 14.3 Å². The molecule has 2 atom stereocenters. The summed E-state index contributed by atoms with van der Waals surface area (Å²) in [4.78, 5) is 11.3. The molecule has 0 aromatic heterocycles. The highest BCUT2D eigenvalue weighted by Crippen LogP contribution is 2.25. The van der Waals surface area contributed by atoms with E-state index in [1.807, 2.05) is 13.8 Å². The van der Waals surface area contributed by atoms with Crippen molar-refractivity contribution in [1.29, 1.82) is 0 Å². The molecule has 0 aliphatic heterocycles. The van der Waals surface area contributed by atoms with Gasteiger partial charge in [-0.3, -0.25) is 0 Å². The van der Waals surface area contributed by atoms with Crippen LogP contribution in [0.2, 0.25) is 0 Å². The first-order valence-corrected chi connectivity index (χ1v) is 6.14. The van der Waals surface area contributed by atoms with E-state index < -0.39 is 0 Å². The molecule has 1 saturated carbocycles. The van der Waals surface area contributed by atoms with Crippen molar-refractivity contribution in [3.05, 3.63) is 0 Å². The highest BCUT2D eigenvalue weighted by molar-refractivity contribution is 5.70. The minimum Gasteiger partial charge on any atom is -0.461 e. The SMILES string of the molecule is CC(C)OC(=O)COC1CCCCC1CN. The maximum atomic E-state index is 11.3. The molecule has 16 heavy (non-hydrogen) atoms. The maximum absolute atomic E-state index is 11.3. The van der Waals surface area contributed by atoms with Crippen molar-refractivity contribution in [3.8, 4) is 0 Å². The lowest BCUT2D eigenvalue weighted by molar-refractivity contribution is -0.156. The van der Waals surface area contributed by atoms with E-state index in [-0.39, 0.29) is 24.8 Å². The Labute approximate surface area is 97.5 Å². The van der Waals surface area contributed by atoms with Crippen LogP contribution in [-0.2, 0) is 14.3 Å². The van der Waals surface area contributed by atoms with Crippen LogP contribution in [0.15, 0.2) is 0 Å². The number of ether oxygens (including phenoxy) is 2. The largest absolute Gasteiger partial charge is 0.461 e. The second-order valence-electron chi connectivity index (χ2n) is 4.67. The third kappa shape index (κ3) is 4.49. The second-order valence-corrected chi connectivity index (χ2v) is 4.67. The van der Waals surface area contributed by atoms with Gasteiger partial charge in [0.15, 0.2) is 0 Å². The van der Waals surface area contributed by atoms with Crippen molar-refractivity contribution in [2.24, 2.45) is 11.7 Å². The Morgan fingerprint density at radius 2 is 2.06 bits per heavy atom. The van der Waals surface area contributed by atoms with E-state index in [0.29, 0.717) is 12.5 Å². The number of carbonyl (C=O) groups is 1. The van der Waals surface area contributed by atoms with Gasteiger partial charge in [0.25, 0.3) is 0 Å². The number of nitrogens with two attached hydrogens (primary N) is 1. The molecule has 0 radical (unpaired) electrons. The summed E-state index contributed by atoms with van der Waals surface area (Å²) < 4.78 is 10.6. The number of carbonyl (C=O) groups excluding carboxylic acids is 1. The molecule has 0 spiro atoms. The van der Waals surface area contributed by atoms with Crippen molar-refractivity contribution in [2.45, 2.75) is 51.7 Å². The van der Waals surface area contributed by atoms with Gasteiger partial charge < -0.3 is 15.2 Å². The zero-order chi connectivity index (χ0) is 12.0. The van der Waals surface area contributed by atoms with Crippen LogP contribution in [0.1, 0.15) is 39.5 Å². The fourth-order valence-corrected chi connectivity index (χ4v) is 2.13. The summed E-state index contributed by atoms with van der Waals surface area (Å²) in [6.07, 6.45) is 4.57.